The number of nitrogens with zero attached hydrogens (tertiary/aromatic N) is 5. The van der Waals surface area contributed by atoms with Gasteiger partial charge in [0, 0.05) is 25.4 Å². The Morgan fingerprint density at radius 2 is 2.05 bits per heavy atom. The third kappa shape index (κ3) is 2.87. The van der Waals surface area contributed by atoms with Crippen LogP contribution in [0, 0.1) is 20.8 Å². The largest absolute Gasteiger partial charge is 0.338 e. The molecule has 0 fully saturated rings. The van der Waals surface area contributed by atoms with Crippen LogP contribution in [0.5, 0.6) is 0 Å². The molecule has 108 valence electrons. The van der Waals surface area contributed by atoms with Gasteiger partial charge in [-0.05, 0) is 20.8 Å². The Hall–Kier alpha value is -2.18. The molecule has 0 aromatic carbocycles. The van der Waals surface area contributed by atoms with Crippen LogP contribution in [0.3, 0.4) is 0 Å². The number of nitrogens with one attached hydrogen (secondary N) is 1. The molecule has 0 aliphatic rings. The first-order valence-corrected chi connectivity index (χ1v) is 6.49. The summed E-state index contributed by atoms with van der Waals surface area (Å²) in [6, 6.07) is 0. The van der Waals surface area contributed by atoms with E-state index in [4.69, 9.17) is 0 Å². The van der Waals surface area contributed by atoms with Crippen LogP contribution in [-0.4, -0.2) is 42.8 Å². The lowest BCUT2D eigenvalue weighted by atomic mass is 10.1. The van der Waals surface area contributed by atoms with Gasteiger partial charge in [0.15, 0.2) is 5.82 Å². The van der Waals surface area contributed by atoms with E-state index < -0.39 is 0 Å². The molecule has 0 aliphatic carbocycles. The third-order valence-corrected chi connectivity index (χ3v) is 3.43. The second-order valence-electron chi connectivity index (χ2n) is 5.04. The van der Waals surface area contributed by atoms with Crippen LogP contribution >= 0.6 is 0 Å². The van der Waals surface area contributed by atoms with Crippen molar-refractivity contribution >= 4 is 5.91 Å². The topological polar surface area (TPSA) is 79.7 Å². The van der Waals surface area contributed by atoms with E-state index in [0.29, 0.717) is 18.8 Å². The van der Waals surface area contributed by atoms with Crippen LogP contribution in [0.25, 0.3) is 0 Å². The minimum absolute atomic E-state index is 0.0339. The van der Waals surface area contributed by atoms with Crippen LogP contribution in [0.15, 0.2) is 0 Å². The van der Waals surface area contributed by atoms with Crippen molar-refractivity contribution in [1.82, 2.24) is 29.9 Å². The Bertz CT molecular complexity index is 627. The molecule has 7 heteroatoms. The van der Waals surface area contributed by atoms with Crippen molar-refractivity contribution in [2.45, 2.75) is 33.7 Å². The second kappa shape index (κ2) is 5.44. The number of carbonyl (C=O) groups excluding carboxylic acids is 1. The number of amides is 1. The summed E-state index contributed by atoms with van der Waals surface area (Å²) >= 11 is 0. The van der Waals surface area contributed by atoms with Crippen LogP contribution < -0.4 is 0 Å². The van der Waals surface area contributed by atoms with E-state index in [0.717, 1.165) is 22.8 Å². The molecular formula is C13H20N6O. The molecule has 2 rings (SSSR count). The smallest absolute Gasteiger partial charge is 0.227 e. The van der Waals surface area contributed by atoms with Crippen LogP contribution in [0.4, 0.5) is 0 Å². The lowest BCUT2D eigenvalue weighted by Crippen LogP contribution is -2.28. The monoisotopic (exact) mass is 276 g/mol. The van der Waals surface area contributed by atoms with Gasteiger partial charge in [0.2, 0.25) is 5.91 Å². The maximum absolute atomic E-state index is 12.3. The first kappa shape index (κ1) is 14.2. The number of aromatic nitrogens is 5. The van der Waals surface area contributed by atoms with Gasteiger partial charge in [0.25, 0.3) is 0 Å². The Balaban J connectivity index is 2.04. The van der Waals surface area contributed by atoms with Gasteiger partial charge in [-0.25, -0.2) is 4.98 Å². The summed E-state index contributed by atoms with van der Waals surface area (Å²) in [5.74, 6) is 1.41. The predicted molar refractivity (Wildman–Crippen MR) is 74.0 cm³/mol. The number of hydrogen-bond donors (Lipinski definition) is 1. The fourth-order valence-electron chi connectivity index (χ4n) is 2.12. The average Bonchev–Trinajstić information content (AvgIpc) is 2.88. The zero-order chi connectivity index (χ0) is 14.9. The quantitative estimate of drug-likeness (QED) is 0.890. The van der Waals surface area contributed by atoms with E-state index in [1.165, 1.54) is 0 Å². The summed E-state index contributed by atoms with van der Waals surface area (Å²) in [6.07, 6.45) is 0.353. The number of carbonyl (C=O) groups is 1. The van der Waals surface area contributed by atoms with Gasteiger partial charge in [-0.2, -0.15) is 10.2 Å². The summed E-state index contributed by atoms with van der Waals surface area (Å²) in [5, 5.41) is 11.1. The number of likely N-dealkylation sites (N-methyl/N-ethyl adjacent to an activating group) is 1. The molecule has 0 radical (unpaired) electrons. The second-order valence-corrected chi connectivity index (χ2v) is 5.04. The van der Waals surface area contributed by atoms with Crippen molar-refractivity contribution in [3.8, 4) is 0 Å². The number of aryl methyl sites for hydroxylation is 3. The van der Waals surface area contributed by atoms with Crippen molar-refractivity contribution in [2.75, 3.05) is 7.05 Å². The highest BCUT2D eigenvalue weighted by atomic mass is 16.2. The van der Waals surface area contributed by atoms with Crippen molar-refractivity contribution < 1.29 is 4.79 Å². The first-order chi connectivity index (χ1) is 9.38. The number of rotatable bonds is 4. The number of H-pyrrole nitrogens is 1. The fourth-order valence-corrected chi connectivity index (χ4v) is 2.12. The Labute approximate surface area is 118 Å². The highest BCUT2D eigenvalue weighted by Gasteiger charge is 2.17. The van der Waals surface area contributed by atoms with E-state index in [1.807, 2.05) is 27.8 Å². The van der Waals surface area contributed by atoms with E-state index in [2.05, 4.69) is 20.3 Å². The SMILES string of the molecule is Cc1nc(CN(C)C(=O)Cc2c(C)nn(C)c2C)n[nH]1. The molecule has 2 aromatic rings. The van der Waals surface area contributed by atoms with Gasteiger partial charge < -0.3 is 4.90 Å². The maximum atomic E-state index is 12.3. The molecule has 0 spiro atoms. The third-order valence-electron chi connectivity index (χ3n) is 3.43. The molecule has 0 saturated heterocycles. The van der Waals surface area contributed by atoms with Crippen LogP contribution in [0.2, 0.25) is 0 Å². The standard InChI is InChI=1S/C13H20N6O/c1-8-11(9(2)19(5)17-8)6-13(20)18(4)7-12-14-10(3)15-16-12/h6-7H2,1-5H3,(H,14,15,16). The van der Waals surface area contributed by atoms with Crippen molar-refractivity contribution in [3.63, 3.8) is 0 Å². The minimum atomic E-state index is 0.0339. The fraction of sp³-hybridized carbons (Fsp3) is 0.538. The highest BCUT2D eigenvalue weighted by Crippen LogP contribution is 2.13. The van der Waals surface area contributed by atoms with E-state index in [-0.39, 0.29) is 5.91 Å². The van der Waals surface area contributed by atoms with Gasteiger partial charge >= 0.3 is 0 Å². The van der Waals surface area contributed by atoms with Gasteiger partial charge in [-0.15, -0.1) is 0 Å². The Morgan fingerprint density at radius 1 is 1.35 bits per heavy atom. The van der Waals surface area contributed by atoms with Gasteiger partial charge in [-0.1, -0.05) is 0 Å². The van der Waals surface area contributed by atoms with Crippen LogP contribution in [0.1, 0.15) is 28.6 Å². The van der Waals surface area contributed by atoms with Crippen molar-refractivity contribution in [2.24, 2.45) is 7.05 Å². The molecule has 0 aliphatic heterocycles. The molecule has 1 amide bonds. The molecule has 2 heterocycles. The molecular weight excluding hydrogens is 256 g/mol. The summed E-state index contributed by atoms with van der Waals surface area (Å²) < 4.78 is 1.80. The molecule has 1 N–H and O–H groups in total. The number of hydrogen-bond acceptors (Lipinski definition) is 4. The minimum Gasteiger partial charge on any atom is -0.338 e. The predicted octanol–water partition coefficient (Wildman–Crippen LogP) is 0.665. The molecule has 20 heavy (non-hydrogen) atoms. The van der Waals surface area contributed by atoms with Crippen molar-refractivity contribution in [1.29, 1.82) is 0 Å². The molecule has 2 aromatic heterocycles. The molecule has 0 saturated carbocycles. The maximum Gasteiger partial charge on any atom is 0.227 e. The van der Waals surface area contributed by atoms with E-state index >= 15 is 0 Å². The molecule has 0 atom stereocenters. The molecule has 0 unspecified atom stereocenters. The Morgan fingerprint density at radius 3 is 2.55 bits per heavy atom. The van der Waals surface area contributed by atoms with E-state index in [9.17, 15) is 4.79 Å². The lowest BCUT2D eigenvalue weighted by Gasteiger charge is -2.15. The Kier molecular flexibility index (Phi) is 3.87. The molecule has 0 bridgehead atoms. The van der Waals surface area contributed by atoms with Crippen molar-refractivity contribution in [3.05, 3.63) is 28.6 Å². The summed E-state index contributed by atoms with van der Waals surface area (Å²) in [6.45, 7) is 6.14. The molecule has 7 nitrogen and oxygen atoms in total. The zero-order valence-corrected chi connectivity index (χ0v) is 12.6. The highest BCUT2D eigenvalue weighted by molar-refractivity contribution is 5.79. The zero-order valence-electron chi connectivity index (χ0n) is 12.6. The van der Waals surface area contributed by atoms with Gasteiger partial charge in [0.1, 0.15) is 5.82 Å². The lowest BCUT2D eigenvalue weighted by molar-refractivity contribution is -0.129. The van der Waals surface area contributed by atoms with Gasteiger partial charge in [0.05, 0.1) is 18.7 Å². The summed E-state index contributed by atoms with van der Waals surface area (Å²) in [5.41, 5.74) is 2.92. The normalized spacial score (nSPS) is 10.8. The average molecular weight is 276 g/mol. The number of aromatic amines is 1. The summed E-state index contributed by atoms with van der Waals surface area (Å²) in [7, 11) is 3.64. The first-order valence-electron chi connectivity index (χ1n) is 6.49. The summed E-state index contributed by atoms with van der Waals surface area (Å²) in [4.78, 5) is 18.1. The van der Waals surface area contributed by atoms with Gasteiger partial charge in [-0.3, -0.25) is 14.6 Å². The van der Waals surface area contributed by atoms with Crippen LogP contribution in [-0.2, 0) is 24.8 Å². The van der Waals surface area contributed by atoms with E-state index in [1.54, 1.807) is 16.6 Å².